The number of rotatable bonds is 17. The molecule has 0 aliphatic carbocycles. The second-order valence-corrected chi connectivity index (χ2v) is 11.3. The molecular weight excluding hydrogens is 620 g/mol. The van der Waals surface area contributed by atoms with Crippen molar-refractivity contribution in [2.45, 2.75) is 56.3 Å². The molecule has 16 heteroatoms. The summed E-state index contributed by atoms with van der Waals surface area (Å²) in [5.74, 6) is -3.48. The minimum Gasteiger partial charge on any atom is -0.508 e. The summed E-state index contributed by atoms with van der Waals surface area (Å²) in [5, 5.41) is 28.3. The summed E-state index contributed by atoms with van der Waals surface area (Å²) in [4.78, 5) is 66.6. The number of phenols is 1. The Labute approximate surface area is 275 Å². The number of benzene rings is 2. The van der Waals surface area contributed by atoms with Gasteiger partial charge >= 0.3 is 5.97 Å². The van der Waals surface area contributed by atoms with Gasteiger partial charge in [-0.2, -0.15) is 0 Å². The van der Waals surface area contributed by atoms with Crippen LogP contribution in [0.1, 0.15) is 29.7 Å². The van der Waals surface area contributed by atoms with E-state index in [1.54, 1.807) is 24.5 Å². The Morgan fingerprint density at radius 3 is 2.19 bits per heavy atom. The maximum Gasteiger partial charge on any atom is 0.326 e. The van der Waals surface area contributed by atoms with Gasteiger partial charge in [0.1, 0.15) is 23.9 Å². The third-order valence-electron chi connectivity index (χ3n) is 7.63. The van der Waals surface area contributed by atoms with Gasteiger partial charge in [-0.1, -0.05) is 30.3 Å². The van der Waals surface area contributed by atoms with Crippen LogP contribution in [-0.4, -0.2) is 85.5 Å². The molecule has 13 N–H and O–H groups in total. The van der Waals surface area contributed by atoms with Crippen molar-refractivity contribution in [3.63, 3.8) is 0 Å². The molecule has 0 radical (unpaired) electrons. The number of aliphatic carboxylic acids is 1. The minimum absolute atomic E-state index is 0.00322. The summed E-state index contributed by atoms with van der Waals surface area (Å²) in [5.41, 5.74) is 19.6. The highest BCUT2D eigenvalue weighted by Crippen LogP contribution is 2.20. The topological polar surface area (TPSA) is 280 Å². The van der Waals surface area contributed by atoms with E-state index in [0.717, 1.165) is 16.5 Å². The SMILES string of the molecule is NC(N)=NCCCC(NC(=O)C(Cc1ccc(O)cc1)NC(=O)C(Cc1c[nH]c2ccccc12)NC(=O)C(N)Cc1cnc[nH]1)C(=O)O. The first-order valence-electron chi connectivity index (χ1n) is 15.2. The normalized spacial score (nSPS) is 13.5. The van der Waals surface area contributed by atoms with Gasteiger partial charge < -0.3 is 53.3 Å². The predicted octanol–water partition coefficient (Wildman–Crippen LogP) is -0.456. The number of hydrogen-bond donors (Lipinski definition) is 10. The standard InChI is InChI=1S/C32H40N10O6/c33-23(14-20-16-36-17-39-20)28(44)41-27(13-19-15-38-24-5-2-1-4-22(19)24)30(46)42-26(12-18-7-9-21(43)10-8-18)29(45)40-25(31(47)48)6-3-11-37-32(34)35/h1-2,4-5,7-10,15-17,23,25-27,38,43H,3,6,11-14,33H2,(H,36,39)(H,40,45)(H,41,44)(H,42,46)(H,47,48)(H4,34,35,37). The van der Waals surface area contributed by atoms with Crippen LogP contribution in [0.2, 0.25) is 0 Å². The lowest BCUT2D eigenvalue weighted by Gasteiger charge is -2.25. The number of nitrogens with two attached hydrogens (primary N) is 3. The number of aromatic hydroxyl groups is 1. The molecule has 4 rings (SSSR count). The van der Waals surface area contributed by atoms with Crippen molar-refractivity contribution in [2.75, 3.05) is 6.54 Å². The third-order valence-corrected chi connectivity index (χ3v) is 7.63. The quantitative estimate of drug-likeness (QED) is 0.0395. The molecule has 254 valence electrons. The Bertz CT molecular complexity index is 1720. The molecule has 2 aromatic heterocycles. The average molecular weight is 661 g/mol. The van der Waals surface area contributed by atoms with Gasteiger partial charge in [-0.05, 0) is 42.2 Å². The molecule has 2 heterocycles. The summed E-state index contributed by atoms with van der Waals surface area (Å²) in [6, 6.07) is 8.72. The van der Waals surface area contributed by atoms with E-state index in [1.807, 2.05) is 24.3 Å². The first kappa shape index (κ1) is 35.0. The van der Waals surface area contributed by atoms with E-state index in [9.17, 15) is 29.4 Å². The number of carbonyl (C=O) groups excluding carboxylic acids is 3. The lowest BCUT2D eigenvalue weighted by atomic mass is 10.0. The molecule has 0 fully saturated rings. The number of nitrogens with one attached hydrogen (secondary N) is 5. The smallest absolute Gasteiger partial charge is 0.326 e. The highest BCUT2D eigenvalue weighted by Gasteiger charge is 2.31. The molecule has 3 amide bonds. The number of amides is 3. The van der Waals surface area contributed by atoms with E-state index >= 15 is 0 Å². The van der Waals surface area contributed by atoms with Crippen molar-refractivity contribution in [3.8, 4) is 5.75 Å². The third kappa shape index (κ3) is 10.1. The van der Waals surface area contributed by atoms with Crippen LogP contribution in [-0.2, 0) is 38.4 Å². The zero-order valence-electron chi connectivity index (χ0n) is 26.1. The summed E-state index contributed by atoms with van der Waals surface area (Å²) >= 11 is 0. The fourth-order valence-electron chi connectivity index (χ4n) is 5.12. The average Bonchev–Trinajstić information content (AvgIpc) is 3.72. The second-order valence-electron chi connectivity index (χ2n) is 11.3. The number of aromatic amines is 2. The number of phenolic OH excluding ortho intramolecular Hbond substituents is 1. The van der Waals surface area contributed by atoms with E-state index in [4.69, 9.17) is 17.2 Å². The number of carboxylic acid groups (broad SMARTS) is 1. The first-order chi connectivity index (χ1) is 23.0. The second kappa shape index (κ2) is 16.6. The molecule has 4 atom stereocenters. The van der Waals surface area contributed by atoms with Crippen molar-refractivity contribution in [1.82, 2.24) is 30.9 Å². The number of fused-ring (bicyclic) bond motifs is 1. The van der Waals surface area contributed by atoms with Gasteiger partial charge in [-0.3, -0.25) is 19.4 Å². The number of aromatic nitrogens is 3. The number of imidazole rings is 1. The fraction of sp³-hybridized carbons (Fsp3) is 0.312. The monoisotopic (exact) mass is 660 g/mol. The molecule has 16 nitrogen and oxygen atoms in total. The van der Waals surface area contributed by atoms with Crippen molar-refractivity contribution >= 4 is 40.6 Å². The van der Waals surface area contributed by atoms with Crippen molar-refractivity contribution in [2.24, 2.45) is 22.2 Å². The Morgan fingerprint density at radius 1 is 0.854 bits per heavy atom. The Balaban J connectivity index is 1.57. The summed E-state index contributed by atoms with van der Waals surface area (Å²) in [6.07, 6.45) is 5.17. The van der Waals surface area contributed by atoms with E-state index in [1.165, 1.54) is 18.5 Å². The van der Waals surface area contributed by atoms with E-state index in [2.05, 4.69) is 35.9 Å². The predicted molar refractivity (Wildman–Crippen MR) is 177 cm³/mol. The van der Waals surface area contributed by atoms with Crippen LogP contribution < -0.4 is 33.2 Å². The maximum absolute atomic E-state index is 14.0. The van der Waals surface area contributed by atoms with Crippen molar-refractivity contribution in [3.05, 3.63) is 84.1 Å². The first-order valence-corrected chi connectivity index (χ1v) is 15.2. The molecule has 2 aromatic carbocycles. The molecule has 0 aliphatic rings. The molecule has 0 bridgehead atoms. The van der Waals surface area contributed by atoms with Crippen LogP contribution in [0, 0.1) is 0 Å². The molecule has 0 saturated heterocycles. The molecular formula is C32H40N10O6. The maximum atomic E-state index is 14.0. The van der Waals surface area contributed by atoms with E-state index in [-0.39, 0.29) is 50.4 Å². The number of guanidine groups is 1. The van der Waals surface area contributed by atoms with Gasteiger partial charge in [0.2, 0.25) is 17.7 Å². The lowest BCUT2D eigenvalue weighted by Crippen LogP contribution is -2.58. The number of aliphatic imine (C=N–C) groups is 1. The van der Waals surface area contributed by atoms with Gasteiger partial charge in [0.15, 0.2) is 5.96 Å². The van der Waals surface area contributed by atoms with Gasteiger partial charge in [-0.25, -0.2) is 9.78 Å². The zero-order chi connectivity index (χ0) is 34.6. The van der Waals surface area contributed by atoms with Crippen LogP contribution in [0.25, 0.3) is 10.9 Å². The summed E-state index contributed by atoms with van der Waals surface area (Å²) < 4.78 is 0. The fourth-order valence-corrected chi connectivity index (χ4v) is 5.12. The number of nitrogens with zero attached hydrogens (tertiary/aromatic N) is 2. The number of carbonyl (C=O) groups is 4. The van der Waals surface area contributed by atoms with Gasteiger partial charge in [0.05, 0.1) is 12.4 Å². The van der Waals surface area contributed by atoms with Gasteiger partial charge in [-0.15, -0.1) is 0 Å². The van der Waals surface area contributed by atoms with Crippen LogP contribution in [0.15, 0.2) is 72.2 Å². The number of para-hydroxylation sites is 1. The summed E-state index contributed by atoms with van der Waals surface area (Å²) in [6.45, 7) is 0.160. The molecule has 0 saturated carbocycles. The summed E-state index contributed by atoms with van der Waals surface area (Å²) in [7, 11) is 0. The minimum atomic E-state index is -1.30. The number of H-pyrrole nitrogens is 2. The Kier molecular flexibility index (Phi) is 12.1. The van der Waals surface area contributed by atoms with E-state index in [0.29, 0.717) is 11.3 Å². The highest BCUT2D eigenvalue weighted by molar-refractivity contribution is 5.95. The largest absolute Gasteiger partial charge is 0.508 e. The van der Waals surface area contributed by atoms with Gasteiger partial charge in [0.25, 0.3) is 0 Å². The molecule has 0 aliphatic heterocycles. The molecule has 4 unspecified atom stereocenters. The van der Waals surface area contributed by atoms with E-state index < -0.39 is 47.9 Å². The van der Waals surface area contributed by atoms with Crippen molar-refractivity contribution < 1.29 is 29.4 Å². The van der Waals surface area contributed by atoms with Crippen molar-refractivity contribution in [1.29, 1.82) is 0 Å². The molecule has 4 aromatic rings. The Morgan fingerprint density at radius 2 is 1.52 bits per heavy atom. The number of carboxylic acids is 1. The van der Waals surface area contributed by atoms with Crippen LogP contribution in [0.5, 0.6) is 5.75 Å². The van der Waals surface area contributed by atoms with Crippen LogP contribution in [0.3, 0.4) is 0 Å². The van der Waals surface area contributed by atoms with Crippen LogP contribution in [0.4, 0.5) is 0 Å². The highest BCUT2D eigenvalue weighted by atomic mass is 16.4. The number of hydrogen-bond acceptors (Lipinski definition) is 8. The van der Waals surface area contributed by atoms with Crippen LogP contribution >= 0.6 is 0 Å². The Hall–Kier alpha value is -5.90. The van der Waals surface area contributed by atoms with Gasteiger partial charge in [0, 0.05) is 54.8 Å². The molecule has 48 heavy (non-hydrogen) atoms. The zero-order valence-corrected chi connectivity index (χ0v) is 26.1. The molecule has 0 spiro atoms. The lowest BCUT2D eigenvalue weighted by molar-refractivity contribution is -0.142.